The van der Waals surface area contributed by atoms with Gasteiger partial charge in [-0.1, -0.05) is 0 Å². The van der Waals surface area contributed by atoms with Gasteiger partial charge in [0.25, 0.3) is 0 Å². The van der Waals surface area contributed by atoms with Crippen molar-refractivity contribution in [1.29, 1.82) is 0 Å². The van der Waals surface area contributed by atoms with Gasteiger partial charge in [-0.15, -0.1) is 0 Å². The predicted molar refractivity (Wildman–Crippen MR) is 75.1 cm³/mol. The molecule has 0 radical (unpaired) electrons. The van der Waals surface area contributed by atoms with Crippen molar-refractivity contribution >= 4 is 45.8 Å². The highest BCUT2D eigenvalue weighted by Crippen LogP contribution is 2.24. The Labute approximate surface area is 124 Å². The summed E-state index contributed by atoms with van der Waals surface area (Å²) >= 11 is 6.89. The molecule has 0 unspecified atom stereocenters. The zero-order valence-electron chi connectivity index (χ0n) is 9.52. The molecule has 0 atom stereocenters. The van der Waals surface area contributed by atoms with Gasteiger partial charge < -0.3 is 9.55 Å². The molecule has 104 valence electrons. The lowest BCUT2D eigenvalue weighted by molar-refractivity contribution is -0.135. The van der Waals surface area contributed by atoms with Crippen molar-refractivity contribution in [1.82, 2.24) is 9.55 Å². The smallest absolute Gasteiger partial charge is 0.331 e. The van der Waals surface area contributed by atoms with Crippen LogP contribution >= 0.6 is 34.8 Å². The molecule has 0 saturated heterocycles. The number of imidazole rings is 1. The highest BCUT2D eigenvalue weighted by Gasteiger charge is 2.26. The van der Waals surface area contributed by atoms with Crippen LogP contribution in [0.2, 0.25) is 0 Å². The summed E-state index contributed by atoms with van der Waals surface area (Å²) in [5.41, 5.74) is 1.12. The molecule has 2 nitrogen and oxygen atoms in total. The minimum atomic E-state index is -4.19. The van der Waals surface area contributed by atoms with Gasteiger partial charge in [0.2, 0.25) is 0 Å². The van der Waals surface area contributed by atoms with Gasteiger partial charge in [0.15, 0.2) is 4.77 Å². The maximum atomic E-state index is 13.5. The average Bonchev–Trinajstić information content (AvgIpc) is 2.55. The van der Waals surface area contributed by atoms with Crippen LogP contribution in [-0.2, 0) is 6.54 Å². The van der Waals surface area contributed by atoms with Crippen LogP contribution < -0.4 is 0 Å². The molecule has 0 bridgehead atoms. The molecule has 2 rings (SSSR count). The Kier molecular flexibility index (Phi) is 4.19. The van der Waals surface area contributed by atoms with Crippen LogP contribution in [0.5, 0.6) is 0 Å². The van der Waals surface area contributed by atoms with Crippen molar-refractivity contribution in [2.24, 2.45) is 0 Å². The number of alkyl halides is 3. The normalized spacial score (nSPS) is 12.3. The van der Waals surface area contributed by atoms with E-state index < -0.39 is 18.4 Å². The summed E-state index contributed by atoms with van der Waals surface area (Å²) in [4.78, 5) is 2.87. The molecular formula is C11H9F4IN2S. The van der Waals surface area contributed by atoms with E-state index >= 15 is 0 Å². The first kappa shape index (κ1) is 14.8. The van der Waals surface area contributed by atoms with E-state index in [4.69, 9.17) is 12.2 Å². The number of H-pyrrole nitrogens is 1. The number of nitrogens with zero attached hydrogens (tertiary/aromatic N) is 1. The summed E-state index contributed by atoms with van der Waals surface area (Å²) in [6.07, 6.45) is -5.15. The van der Waals surface area contributed by atoms with Crippen molar-refractivity contribution in [3.63, 3.8) is 0 Å². The molecule has 8 heteroatoms. The topological polar surface area (TPSA) is 20.7 Å². The largest absolute Gasteiger partial charge is 0.389 e. The third-order valence-electron chi connectivity index (χ3n) is 2.66. The highest BCUT2D eigenvalue weighted by atomic mass is 127. The van der Waals surface area contributed by atoms with Crippen molar-refractivity contribution in [3.8, 4) is 0 Å². The monoisotopic (exact) mass is 404 g/mol. The molecule has 0 fully saturated rings. The van der Waals surface area contributed by atoms with Gasteiger partial charge in [-0.3, -0.25) is 0 Å². The molecule has 0 spiro atoms. The number of aromatic nitrogens is 2. The van der Waals surface area contributed by atoms with Crippen LogP contribution in [0.3, 0.4) is 0 Å². The Morgan fingerprint density at radius 2 is 2.00 bits per heavy atom. The first-order chi connectivity index (χ1) is 8.78. The third-order valence-corrected chi connectivity index (χ3v) is 3.81. The fourth-order valence-corrected chi connectivity index (χ4v) is 2.58. The number of rotatable bonds is 3. The van der Waals surface area contributed by atoms with Crippen LogP contribution in [0.4, 0.5) is 17.6 Å². The average molecular weight is 404 g/mol. The molecule has 1 N–H and O–H groups in total. The molecule has 0 aliphatic rings. The summed E-state index contributed by atoms with van der Waals surface area (Å²) in [6.45, 7) is 0.109. The van der Waals surface area contributed by atoms with Crippen LogP contribution in [0.25, 0.3) is 11.0 Å². The molecule has 1 heterocycles. The fraction of sp³-hybridized carbons (Fsp3) is 0.364. The lowest BCUT2D eigenvalue weighted by Crippen LogP contribution is -2.09. The van der Waals surface area contributed by atoms with E-state index in [1.807, 2.05) is 22.6 Å². The van der Waals surface area contributed by atoms with Crippen LogP contribution in [-0.4, -0.2) is 15.7 Å². The Hall–Kier alpha value is -0.640. The molecule has 0 aliphatic heterocycles. The van der Waals surface area contributed by atoms with Gasteiger partial charge in [-0.2, -0.15) is 13.2 Å². The van der Waals surface area contributed by atoms with Crippen molar-refractivity contribution in [2.45, 2.75) is 25.6 Å². The van der Waals surface area contributed by atoms with Crippen LogP contribution in [0, 0.1) is 14.2 Å². The van der Waals surface area contributed by atoms with Crippen LogP contribution in [0.15, 0.2) is 12.1 Å². The summed E-state index contributed by atoms with van der Waals surface area (Å²) in [7, 11) is 0. The van der Waals surface area contributed by atoms with Gasteiger partial charge in [-0.25, -0.2) is 4.39 Å². The molecule has 0 aliphatic carbocycles. The van der Waals surface area contributed by atoms with E-state index in [2.05, 4.69) is 4.98 Å². The minimum Gasteiger partial charge on any atom is -0.331 e. The Morgan fingerprint density at radius 3 is 2.63 bits per heavy atom. The zero-order valence-corrected chi connectivity index (χ0v) is 12.5. The van der Waals surface area contributed by atoms with Gasteiger partial charge in [0, 0.05) is 19.0 Å². The number of aryl methyl sites for hydroxylation is 1. The van der Waals surface area contributed by atoms with E-state index in [-0.39, 0.29) is 13.0 Å². The number of hydrogen-bond donors (Lipinski definition) is 1. The number of nitrogens with one attached hydrogen (secondary N) is 1. The first-order valence-corrected chi connectivity index (χ1v) is 6.91. The SMILES string of the molecule is Fc1cc2c(cc1I)[nH]c(=S)n2CCCC(F)(F)F. The summed E-state index contributed by atoms with van der Waals surface area (Å²) in [6, 6.07) is 2.87. The predicted octanol–water partition coefficient (Wildman–Crippen LogP) is 4.79. The van der Waals surface area contributed by atoms with E-state index in [9.17, 15) is 17.6 Å². The molecule has 0 amide bonds. The van der Waals surface area contributed by atoms with E-state index in [0.29, 0.717) is 19.4 Å². The van der Waals surface area contributed by atoms with Crippen LogP contribution in [0.1, 0.15) is 12.8 Å². The second-order valence-electron chi connectivity index (χ2n) is 4.08. The fourth-order valence-electron chi connectivity index (χ4n) is 1.81. The second kappa shape index (κ2) is 5.39. The molecular weight excluding hydrogens is 395 g/mol. The zero-order chi connectivity index (χ0) is 14.2. The summed E-state index contributed by atoms with van der Waals surface area (Å²) in [5, 5.41) is 0. The number of fused-ring (bicyclic) bond motifs is 1. The van der Waals surface area contributed by atoms with Crippen molar-refractivity contribution < 1.29 is 17.6 Å². The van der Waals surface area contributed by atoms with Gasteiger partial charge in [-0.05, 0) is 47.3 Å². The van der Waals surface area contributed by atoms with E-state index in [1.54, 1.807) is 6.07 Å². The molecule has 1 aromatic carbocycles. The molecule has 0 saturated carbocycles. The number of hydrogen-bond acceptors (Lipinski definition) is 1. The second-order valence-corrected chi connectivity index (χ2v) is 5.63. The summed E-state index contributed by atoms with van der Waals surface area (Å²) < 4.78 is 52.1. The quantitative estimate of drug-likeness (QED) is 0.444. The number of halogens is 5. The molecule has 19 heavy (non-hydrogen) atoms. The first-order valence-electron chi connectivity index (χ1n) is 5.42. The lowest BCUT2D eigenvalue weighted by atomic mass is 10.2. The highest BCUT2D eigenvalue weighted by molar-refractivity contribution is 14.1. The van der Waals surface area contributed by atoms with Gasteiger partial charge in [0.1, 0.15) is 5.82 Å². The third kappa shape index (κ3) is 3.47. The van der Waals surface area contributed by atoms with E-state index in [0.717, 1.165) is 0 Å². The molecule has 2 aromatic rings. The van der Waals surface area contributed by atoms with E-state index in [1.165, 1.54) is 10.6 Å². The van der Waals surface area contributed by atoms with Crippen molar-refractivity contribution in [3.05, 3.63) is 26.3 Å². The standard InChI is InChI=1S/C11H9F4IN2S/c12-6-4-9-8(5-7(6)16)17-10(19)18(9)3-1-2-11(13,14)15/h4-5H,1-3H2,(H,17,19). The Morgan fingerprint density at radius 1 is 1.32 bits per heavy atom. The maximum Gasteiger partial charge on any atom is 0.389 e. The molecule has 1 aromatic heterocycles. The lowest BCUT2D eigenvalue weighted by Gasteiger charge is -2.07. The minimum absolute atomic E-state index is 0.0850. The number of benzene rings is 1. The maximum absolute atomic E-state index is 13.5. The van der Waals surface area contributed by atoms with Gasteiger partial charge >= 0.3 is 6.18 Å². The van der Waals surface area contributed by atoms with Gasteiger partial charge in [0.05, 0.1) is 14.6 Å². The van der Waals surface area contributed by atoms with Crippen molar-refractivity contribution in [2.75, 3.05) is 0 Å². The summed E-state index contributed by atoms with van der Waals surface area (Å²) in [5.74, 6) is -0.410. The Bertz CT molecular complexity index is 659. The number of aromatic amines is 1. The Balaban J connectivity index is 2.30.